The van der Waals surface area contributed by atoms with Gasteiger partial charge in [0.25, 0.3) is 0 Å². The first-order valence-electron chi connectivity index (χ1n) is 7.53. The van der Waals surface area contributed by atoms with Crippen LogP contribution in [0.2, 0.25) is 0 Å². The summed E-state index contributed by atoms with van der Waals surface area (Å²) in [6.07, 6.45) is 1.82. The standard InChI is InChI=1S/C16H19N3O3S/c1-9-15(23-8-19-9)11-5-4-10(13(20)14(11)21)7-18-16(22)12-3-2-6-17-12/h4-5,8,12,17,20-21H,2-3,6-7H2,1H3,(H,18,22). The third kappa shape index (κ3) is 3.16. The van der Waals surface area contributed by atoms with Crippen LogP contribution in [0.25, 0.3) is 10.4 Å². The molecule has 3 rings (SSSR count). The fourth-order valence-electron chi connectivity index (χ4n) is 2.72. The molecule has 122 valence electrons. The molecule has 1 aliphatic rings. The molecule has 0 saturated carbocycles. The summed E-state index contributed by atoms with van der Waals surface area (Å²) in [5, 5.41) is 26.4. The number of benzene rings is 1. The molecule has 1 fully saturated rings. The fourth-order valence-corrected chi connectivity index (χ4v) is 3.55. The monoisotopic (exact) mass is 333 g/mol. The molecule has 23 heavy (non-hydrogen) atoms. The van der Waals surface area contributed by atoms with Crippen LogP contribution < -0.4 is 10.6 Å². The number of aromatic nitrogens is 1. The molecule has 0 spiro atoms. The topological polar surface area (TPSA) is 94.5 Å². The fraction of sp³-hybridized carbons (Fsp3) is 0.375. The number of thiazole rings is 1. The van der Waals surface area contributed by atoms with Crippen LogP contribution >= 0.6 is 11.3 Å². The number of rotatable bonds is 4. The Balaban J connectivity index is 1.75. The highest BCUT2D eigenvalue weighted by atomic mass is 32.1. The molecule has 0 radical (unpaired) electrons. The van der Waals surface area contributed by atoms with Gasteiger partial charge in [-0.05, 0) is 32.4 Å². The van der Waals surface area contributed by atoms with Crippen LogP contribution in [0.3, 0.4) is 0 Å². The number of hydrogen-bond donors (Lipinski definition) is 4. The molecule has 7 heteroatoms. The number of aryl methyl sites for hydroxylation is 1. The molecule has 1 unspecified atom stereocenters. The van der Waals surface area contributed by atoms with Crippen LogP contribution in [0.4, 0.5) is 0 Å². The van der Waals surface area contributed by atoms with Crippen molar-refractivity contribution in [1.82, 2.24) is 15.6 Å². The van der Waals surface area contributed by atoms with Crippen LogP contribution in [0.5, 0.6) is 11.5 Å². The number of carbonyl (C=O) groups excluding carboxylic acids is 1. The summed E-state index contributed by atoms with van der Waals surface area (Å²) < 4.78 is 0. The zero-order valence-corrected chi connectivity index (χ0v) is 13.6. The van der Waals surface area contributed by atoms with Gasteiger partial charge in [-0.3, -0.25) is 4.79 Å². The van der Waals surface area contributed by atoms with E-state index in [1.807, 2.05) is 6.92 Å². The van der Waals surface area contributed by atoms with E-state index in [1.165, 1.54) is 11.3 Å². The van der Waals surface area contributed by atoms with Crippen LogP contribution in [0, 0.1) is 6.92 Å². The van der Waals surface area contributed by atoms with Crippen molar-refractivity contribution in [3.63, 3.8) is 0 Å². The minimum absolute atomic E-state index is 0.0798. The maximum absolute atomic E-state index is 12.0. The minimum Gasteiger partial charge on any atom is -0.504 e. The minimum atomic E-state index is -0.199. The molecule has 1 saturated heterocycles. The summed E-state index contributed by atoms with van der Waals surface area (Å²) in [4.78, 5) is 17.0. The van der Waals surface area contributed by atoms with Gasteiger partial charge in [-0.2, -0.15) is 0 Å². The summed E-state index contributed by atoms with van der Waals surface area (Å²) in [6.45, 7) is 2.89. The average Bonchev–Trinajstić information content (AvgIpc) is 3.20. The number of hydrogen-bond acceptors (Lipinski definition) is 6. The smallest absolute Gasteiger partial charge is 0.237 e. The average molecular weight is 333 g/mol. The zero-order chi connectivity index (χ0) is 16.4. The first-order valence-corrected chi connectivity index (χ1v) is 8.41. The van der Waals surface area contributed by atoms with E-state index in [9.17, 15) is 15.0 Å². The Morgan fingerprint density at radius 2 is 2.26 bits per heavy atom. The van der Waals surface area contributed by atoms with Gasteiger partial charge in [0.15, 0.2) is 11.5 Å². The van der Waals surface area contributed by atoms with Crippen LogP contribution in [-0.2, 0) is 11.3 Å². The molecule has 0 bridgehead atoms. The highest BCUT2D eigenvalue weighted by molar-refractivity contribution is 7.13. The first-order chi connectivity index (χ1) is 11.1. The quantitative estimate of drug-likeness (QED) is 0.641. The van der Waals surface area contributed by atoms with Crippen molar-refractivity contribution >= 4 is 17.2 Å². The summed E-state index contributed by atoms with van der Waals surface area (Å²) in [6, 6.07) is 3.29. The maximum atomic E-state index is 12.0. The largest absolute Gasteiger partial charge is 0.504 e. The third-order valence-electron chi connectivity index (χ3n) is 4.05. The van der Waals surface area contributed by atoms with Gasteiger partial charge in [-0.15, -0.1) is 11.3 Å². The van der Waals surface area contributed by atoms with Gasteiger partial charge >= 0.3 is 0 Å². The van der Waals surface area contributed by atoms with Crippen molar-refractivity contribution in [2.45, 2.75) is 32.4 Å². The van der Waals surface area contributed by atoms with E-state index in [2.05, 4.69) is 15.6 Å². The Labute approximate surface area is 138 Å². The first kappa shape index (κ1) is 15.8. The summed E-state index contributed by atoms with van der Waals surface area (Å²) >= 11 is 1.41. The predicted molar refractivity (Wildman–Crippen MR) is 88.5 cm³/mol. The Kier molecular flexibility index (Phi) is 4.49. The van der Waals surface area contributed by atoms with E-state index in [0.29, 0.717) is 11.1 Å². The van der Waals surface area contributed by atoms with Crippen LogP contribution in [0.15, 0.2) is 17.6 Å². The maximum Gasteiger partial charge on any atom is 0.237 e. The normalized spacial score (nSPS) is 17.3. The Bertz CT molecular complexity index is 723. The van der Waals surface area contributed by atoms with Gasteiger partial charge < -0.3 is 20.8 Å². The molecular formula is C16H19N3O3S. The van der Waals surface area contributed by atoms with E-state index in [0.717, 1.165) is 30.0 Å². The van der Waals surface area contributed by atoms with Gasteiger partial charge in [0, 0.05) is 17.7 Å². The molecule has 1 amide bonds. The van der Waals surface area contributed by atoms with Crippen molar-refractivity contribution in [1.29, 1.82) is 0 Å². The molecule has 1 atom stereocenters. The number of nitrogens with zero attached hydrogens (tertiary/aromatic N) is 1. The zero-order valence-electron chi connectivity index (χ0n) is 12.8. The number of carbonyl (C=O) groups is 1. The Morgan fingerprint density at radius 1 is 1.43 bits per heavy atom. The van der Waals surface area contributed by atoms with Gasteiger partial charge in [0.05, 0.1) is 22.1 Å². The van der Waals surface area contributed by atoms with Gasteiger partial charge in [-0.1, -0.05) is 6.07 Å². The SMILES string of the molecule is Cc1ncsc1-c1ccc(CNC(=O)C2CCCN2)c(O)c1O. The molecule has 1 aliphatic heterocycles. The van der Waals surface area contributed by atoms with Crippen molar-refractivity contribution in [3.8, 4) is 21.9 Å². The Morgan fingerprint density at radius 3 is 2.91 bits per heavy atom. The predicted octanol–water partition coefficient (Wildman–Crippen LogP) is 1.90. The van der Waals surface area contributed by atoms with Crippen LogP contribution in [-0.4, -0.2) is 33.7 Å². The van der Waals surface area contributed by atoms with Crippen molar-refractivity contribution in [3.05, 3.63) is 28.9 Å². The highest BCUT2D eigenvalue weighted by Crippen LogP contribution is 2.41. The second-order valence-corrected chi connectivity index (χ2v) is 6.46. The lowest BCUT2D eigenvalue weighted by Gasteiger charge is -2.13. The van der Waals surface area contributed by atoms with E-state index in [-0.39, 0.29) is 30.0 Å². The molecule has 1 aromatic carbocycles. The molecular weight excluding hydrogens is 314 g/mol. The van der Waals surface area contributed by atoms with E-state index >= 15 is 0 Å². The molecule has 2 heterocycles. The van der Waals surface area contributed by atoms with Gasteiger partial charge in [0.2, 0.25) is 5.91 Å². The lowest BCUT2D eigenvalue weighted by atomic mass is 10.1. The van der Waals surface area contributed by atoms with Crippen molar-refractivity contribution in [2.24, 2.45) is 0 Å². The number of nitrogens with one attached hydrogen (secondary N) is 2. The summed E-state index contributed by atoms with van der Waals surface area (Å²) in [5.74, 6) is -0.457. The van der Waals surface area contributed by atoms with Crippen LogP contribution in [0.1, 0.15) is 24.1 Å². The molecule has 2 aromatic rings. The van der Waals surface area contributed by atoms with Gasteiger partial charge in [-0.25, -0.2) is 4.98 Å². The summed E-state index contributed by atoms with van der Waals surface area (Å²) in [5.41, 5.74) is 3.54. The Hall–Kier alpha value is -2.12. The molecule has 4 N–H and O–H groups in total. The molecule has 1 aromatic heterocycles. The van der Waals surface area contributed by atoms with Crippen molar-refractivity contribution < 1.29 is 15.0 Å². The second kappa shape index (κ2) is 6.55. The lowest BCUT2D eigenvalue weighted by Crippen LogP contribution is -2.40. The second-order valence-electron chi connectivity index (χ2n) is 5.60. The number of amides is 1. The van der Waals surface area contributed by atoms with Gasteiger partial charge in [0.1, 0.15) is 0 Å². The third-order valence-corrected chi connectivity index (χ3v) is 5.02. The van der Waals surface area contributed by atoms with E-state index < -0.39 is 0 Å². The summed E-state index contributed by atoms with van der Waals surface area (Å²) in [7, 11) is 0. The molecule has 6 nitrogen and oxygen atoms in total. The number of aromatic hydroxyl groups is 2. The number of phenols is 2. The number of phenolic OH excluding ortho intramolecular Hbond substituents is 2. The lowest BCUT2D eigenvalue weighted by molar-refractivity contribution is -0.122. The molecule has 0 aliphatic carbocycles. The van der Waals surface area contributed by atoms with Crippen molar-refractivity contribution in [2.75, 3.05) is 6.54 Å². The van der Waals surface area contributed by atoms with E-state index in [1.54, 1.807) is 17.6 Å². The highest BCUT2D eigenvalue weighted by Gasteiger charge is 2.22. The van der Waals surface area contributed by atoms with E-state index in [4.69, 9.17) is 0 Å².